The fourth-order valence-corrected chi connectivity index (χ4v) is 3.71. The van der Waals surface area contributed by atoms with E-state index in [0.717, 1.165) is 37.7 Å². The van der Waals surface area contributed by atoms with Gasteiger partial charge in [-0.05, 0) is 43.2 Å². The zero-order chi connectivity index (χ0) is 20.9. The van der Waals surface area contributed by atoms with E-state index in [0.29, 0.717) is 18.8 Å². The van der Waals surface area contributed by atoms with Gasteiger partial charge < -0.3 is 9.64 Å². The maximum absolute atomic E-state index is 13.2. The zero-order valence-corrected chi connectivity index (χ0v) is 16.4. The molecule has 4 nitrogen and oxygen atoms in total. The number of benzene rings is 2. The quantitative estimate of drug-likeness (QED) is 0.641. The molecule has 3 rings (SSSR count). The van der Waals surface area contributed by atoms with Crippen LogP contribution in [0.2, 0.25) is 0 Å². The van der Waals surface area contributed by atoms with E-state index in [4.69, 9.17) is 4.74 Å². The second-order valence-electron chi connectivity index (χ2n) is 7.17. The molecule has 1 fully saturated rings. The van der Waals surface area contributed by atoms with Gasteiger partial charge in [0, 0.05) is 44.0 Å². The van der Waals surface area contributed by atoms with Crippen LogP contribution in [0.4, 0.5) is 24.5 Å². The van der Waals surface area contributed by atoms with E-state index in [1.807, 2.05) is 35.2 Å². The molecule has 0 aliphatic carbocycles. The number of anilines is 2. The fourth-order valence-electron chi connectivity index (χ4n) is 3.71. The molecule has 2 aromatic rings. The Hall–Kier alpha value is -2.54. The molecule has 0 spiro atoms. The number of nitrogens with zero attached hydrogens (tertiary/aromatic N) is 2. The van der Waals surface area contributed by atoms with Crippen LogP contribution in [0.25, 0.3) is 0 Å². The largest absolute Gasteiger partial charge is 0.465 e. The van der Waals surface area contributed by atoms with E-state index < -0.39 is 11.7 Å². The van der Waals surface area contributed by atoms with Crippen LogP contribution >= 0.6 is 0 Å². The minimum atomic E-state index is -4.38. The number of piperidine rings is 1. The minimum absolute atomic E-state index is 0.0888. The van der Waals surface area contributed by atoms with Gasteiger partial charge in [-0.3, -0.25) is 9.69 Å². The number of carbonyl (C=O) groups excluding carboxylic acids is 1. The standard InChI is InChI=1S/C22H25F3N2O2/c1-17(28)29-15-14-26-12-10-20(11-13-26)27(19-7-3-2-4-8-19)21-9-5-6-18(16-21)22(23,24)25/h2-9,16,20H,10-15H2,1H3. The number of alkyl halides is 3. The van der Waals surface area contributed by atoms with Crippen molar-refractivity contribution in [2.75, 3.05) is 31.1 Å². The second-order valence-corrected chi connectivity index (χ2v) is 7.17. The Balaban J connectivity index is 1.77. The molecule has 7 heteroatoms. The summed E-state index contributed by atoms with van der Waals surface area (Å²) in [4.78, 5) is 15.1. The van der Waals surface area contributed by atoms with Gasteiger partial charge in [-0.2, -0.15) is 13.2 Å². The molecule has 0 N–H and O–H groups in total. The van der Waals surface area contributed by atoms with Crippen molar-refractivity contribution in [3.8, 4) is 0 Å². The molecule has 1 aliphatic rings. The van der Waals surface area contributed by atoms with Crippen LogP contribution in [0.1, 0.15) is 25.3 Å². The van der Waals surface area contributed by atoms with Crippen molar-refractivity contribution in [2.45, 2.75) is 32.0 Å². The van der Waals surface area contributed by atoms with Crippen molar-refractivity contribution in [1.82, 2.24) is 4.90 Å². The van der Waals surface area contributed by atoms with Gasteiger partial charge in [0.2, 0.25) is 0 Å². The molecule has 1 heterocycles. The molecule has 0 radical (unpaired) electrons. The van der Waals surface area contributed by atoms with Crippen molar-refractivity contribution in [3.63, 3.8) is 0 Å². The van der Waals surface area contributed by atoms with Gasteiger partial charge in [0.1, 0.15) is 6.61 Å². The van der Waals surface area contributed by atoms with E-state index in [1.54, 1.807) is 6.07 Å². The molecule has 156 valence electrons. The van der Waals surface area contributed by atoms with Gasteiger partial charge in [-0.15, -0.1) is 0 Å². The van der Waals surface area contributed by atoms with Gasteiger partial charge in [0.25, 0.3) is 0 Å². The first kappa shape index (κ1) is 21.2. The third kappa shape index (κ3) is 5.73. The lowest BCUT2D eigenvalue weighted by Crippen LogP contribution is -2.44. The highest BCUT2D eigenvalue weighted by atomic mass is 19.4. The summed E-state index contributed by atoms with van der Waals surface area (Å²) >= 11 is 0. The lowest BCUT2D eigenvalue weighted by molar-refractivity contribution is -0.141. The first-order valence-electron chi connectivity index (χ1n) is 9.72. The van der Waals surface area contributed by atoms with E-state index >= 15 is 0 Å². The number of hydrogen-bond acceptors (Lipinski definition) is 4. The van der Waals surface area contributed by atoms with E-state index in [2.05, 4.69) is 4.90 Å². The summed E-state index contributed by atoms with van der Waals surface area (Å²) in [6, 6.07) is 15.1. The average Bonchev–Trinajstić information content (AvgIpc) is 2.70. The molecule has 0 atom stereocenters. The van der Waals surface area contributed by atoms with Crippen molar-refractivity contribution in [1.29, 1.82) is 0 Å². The van der Waals surface area contributed by atoms with Gasteiger partial charge in [0.05, 0.1) is 5.56 Å². The number of carbonyl (C=O) groups is 1. The Kier molecular flexibility index (Phi) is 6.79. The van der Waals surface area contributed by atoms with Gasteiger partial charge >= 0.3 is 12.1 Å². The molecule has 0 amide bonds. The van der Waals surface area contributed by atoms with Crippen LogP contribution in [-0.4, -0.2) is 43.2 Å². The lowest BCUT2D eigenvalue weighted by atomic mass is 10.0. The predicted octanol–water partition coefficient (Wildman–Crippen LogP) is 4.87. The normalized spacial score (nSPS) is 15.9. The summed E-state index contributed by atoms with van der Waals surface area (Å²) in [7, 11) is 0. The molecule has 1 saturated heterocycles. The maximum Gasteiger partial charge on any atom is 0.416 e. The number of likely N-dealkylation sites (tertiary alicyclic amines) is 1. The Morgan fingerprint density at radius 2 is 1.72 bits per heavy atom. The van der Waals surface area contributed by atoms with Crippen LogP contribution < -0.4 is 4.90 Å². The molecule has 0 bridgehead atoms. The fraction of sp³-hybridized carbons (Fsp3) is 0.409. The van der Waals surface area contributed by atoms with Gasteiger partial charge in [-0.1, -0.05) is 24.3 Å². The van der Waals surface area contributed by atoms with Crippen LogP contribution in [0.5, 0.6) is 0 Å². The third-order valence-electron chi connectivity index (χ3n) is 5.12. The van der Waals surface area contributed by atoms with Gasteiger partial charge in [-0.25, -0.2) is 0 Å². The molecule has 0 aromatic heterocycles. The Morgan fingerprint density at radius 1 is 1.07 bits per heavy atom. The summed E-state index contributed by atoms with van der Waals surface area (Å²) in [5, 5.41) is 0. The summed E-state index contributed by atoms with van der Waals surface area (Å²) in [5.74, 6) is -0.292. The van der Waals surface area contributed by atoms with Crippen molar-refractivity contribution < 1.29 is 22.7 Å². The van der Waals surface area contributed by atoms with Crippen molar-refractivity contribution in [2.24, 2.45) is 0 Å². The van der Waals surface area contributed by atoms with Crippen molar-refractivity contribution in [3.05, 3.63) is 60.2 Å². The highest BCUT2D eigenvalue weighted by molar-refractivity contribution is 5.66. The zero-order valence-electron chi connectivity index (χ0n) is 16.4. The maximum atomic E-state index is 13.2. The average molecular weight is 406 g/mol. The number of rotatable bonds is 6. The van der Waals surface area contributed by atoms with Crippen LogP contribution in [-0.2, 0) is 15.7 Å². The van der Waals surface area contributed by atoms with E-state index in [1.165, 1.54) is 19.1 Å². The van der Waals surface area contributed by atoms with Crippen molar-refractivity contribution >= 4 is 17.3 Å². The smallest absolute Gasteiger partial charge is 0.416 e. The summed E-state index contributed by atoms with van der Waals surface area (Å²) in [6.45, 7) is 4.01. The molecule has 29 heavy (non-hydrogen) atoms. The van der Waals surface area contributed by atoms with Crippen LogP contribution in [0.15, 0.2) is 54.6 Å². The highest BCUT2D eigenvalue weighted by Gasteiger charge is 2.32. The summed E-state index contributed by atoms with van der Waals surface area (Å²) in [6.07, 6.45) is -2.76. The second kappa shape index (κ2) is 9.31. The van der Waals surface area contributed by atoms with E-state index in [-0.39, 0.29) is 12.0 Å². The SMILES string of the molecule is CC(=O)OCCN1CCC(N(c2ccccc2)c2cccc(C(F)(F)F)c2)CC1. The number of hydrogen-bond donors (Lipinski definition) is 0. The number of esters is 1. The molecule has 0 unspecified atom stereocenters. The Morgan fingerprint density at radius 3 is 2.34 bits per heavy atom. The molecule has 2 aromatic carbocycles. The number of para-hydroxylation sites is 1. The first-order chi connectivity index (χ1) is 13.8. The number of ether oxygens (including phenoxy) is 1. The monoisotopic (exact) mass is 406 g/mol. The first-order valence-corrected chi connectivity index (χ1v) is 9.72. The topological polar surface area (TPSA) is 32.8 Å². The number of halogens is 3. The lowest BCUT2D eigenvalue weighted by Gasteiger charge is -2.40. The van der Waals surface area contributed by atoms with E-state index in [9.17, 15) is 18.0 Å². The third-order valence-corrected chi connectivity index (χ3v) is 5.12. The molecular weight excluding hydrogens is 381 g/mol. The van der Waals surface area contributed by atoms with Crippen LogP contribution in [0, 0.1) is 0 Å². The van der Waals surface area contributed by atoms with Gasteiger partial charge in [0.15, 0.2) is 0 Å². The van der Waals surface area contributed by atoms with Crippen LogP contribution in [0.3, 0.4) is 0 Å². The Labute approximate surface area is 168 Å². The minimum Gasteiger partial charge on any atom is -0.465 e. The molecule has 1 aliphatic heterocycles. The Bertz CT molecular complexity index is 803. The predicted molar refractivity (Wildman–Crippen MR) is 106 cm³/mol. The summed E-state index contributed by atoms with van der Waals surface area (Å²) in [5.41, 5.74) is 0.782. The summed E-state index contributed by atoms with van der Waals surface area (Å²) < 4.78 is 44.7. The molecular formula is C22H25F3N2O2. The molecule has 0 saturated carbocycles. The highest BCUT2D eigenvalue weighted by Crippen LogP contribution is 2.36.